The molecule has 1 saturated carbocycles. The highest BCUT2D eigenvalue weighted by Gasteiger charge is 2.42. The Hall–Kier alpha value is -4.31. The first-order valence-electron chi connectivity index (χ1n) is 16.0. The molecule has 2 saturated heterocycles. The summed E-state index contributed by atoms with van der Waals surface area (Å²) in [5.74, 6) is 0.344. The molecule has 236 valence electrons. The van der Waals surface area contributed by atoms with Crippen LogP contribution in [0.2, 0.25) is 0 Å². The SMILES string of the molecule is Cc1nc(Oc2cccc(C(=O)O)c2)nc(C)c1C(=O)N1CC2CN(CC[C@H](NC(=O)C3CCCC3)c3ccccc3)CC2C1. The molecule has 3 fully saturated rings. The Morgan fingerprint density at radius 3 is 2.24 bits per heavy atom. The van der Waals surface area contributed by atoms with Crippen LogP contribution in [0, 0.1) is 31.6 Å². The van der Waals surface area contributed by atoms with Gasteiger partial charge in [-0.1, -0.05) is 49.2 Å². The van der Waals surface area contributed by atoms with Crippen LogP contribution in [0.15, 0.2) is 54.6 Å². The Labute approximate surface area is 263 Å². The van der Waals surface area contributed by atoms with Crippen molar-refractivity contribution in [2.75, 3.05) is 32.7 Å². The van der Waals surface area contributed by atoms with Crippen LogP contribution in [-0.4, -0.2) is 75.4 Å². The van der Waals surface area contributed by atoms with Gasteiger partial charge in [-0.15, -0.1) is 0 Å². The largest absolute Gasteiger partial charge is 0.478 e. The molecule has 2 N–H and O–H groups in total. The maximum absolute atomic E-state index is 13.7. The topological polar surface area (TPSA) is 125 Å². The fraction of sp³-hybridized carbons (Fsp3) is 0.457. The number of aryl methyl sites for hydroxylation is 2. The number of aromatic nitrogens is 2. The van der Waals surface area contributed by atoms with Crippen LogP contribution in [0.25, 0.3) is 0 Å². The molecule has 2 aliphatic heterocycles. The number of aromatic carboxylic acids is 1. The zero-order valence-electron chi connectivity index (χ0n) is 25.9. The number of ether oxygens (including phenoxy) is 1. The van der Waals surface area contributed by atoms with Gasteiger partial charge in [-0.3, -0.25) is 9.59 Å². The summed E-state index contributed by atoms with van der Waals surface area (Å²) in [5, 5.41) is 12.6. The number of rotatable bonds is 10. The van der Waals surface area contributed by atoms with Crippen molar-refractivity contribution >= 4 is 17.8 Å². The lowest BCUT2D eigenvalue weighted by molar-refractivity contribution is -0.125. The molecular formula is C35H41N5O5. The second-order valence-electron chi connectivity index (χ2n) is 12.7. The Kier molecular flexibility index (Phi) is 9.11. The number of hydrogen-bond acceptors (Lipinski definition) is 7. The van der Waals surface area contributed by atoms with Gasteiger partial charge < -0.3 is 25.0 Å². The van der Waals surface area contributed by atoms with E-state index in [-0.39, 0.29) is 35.3 Å². The van der Waals surface area contributed by atoms with E-state index in [0.717, 1.165) is 57.3 Å². The van der Waals surface area contributed by atoms with E-state index in [0.29, 0.717) is 47.6 Å². The molecule has 2 aromatic carbocycles. The van der Waals surface area contributed by atoms with Crippen LogP contribution in [0.5, 0.6) is 11.8 Å². The van der Waals surface area contributed by atoms with Gasteiger partial charge in [0, 0.05) is 38.6 Å². The number of nitrogens with zero attached hydrogens (tertiary/aromatic N) is 4. The second kappa shape index (κ2) is 13.4. The average molecular weight is 612 g/mol. The third-order valence-corrected chi connectivity index (χ3v) is 9.58. The predicted octanol–water partition coefficient (Wildman–Crippen LogP) is 5.03. The highest BCUT2D eigenvalue weighted by molar-refractivity contribution is 5.96. The van der Waals surface area contributed by atoms with Crippen molar-refractivity contribution in [2.24, 2.45) is 17.8 Å². The molecular weight excluding hydrogens is 570 g/mol. The number of carboxylic acids is 1. The van der Waals surface area contributed by atoms with E-state index in [1.807, 2.05) is 23.1 Å². The molecule has 10 heteroatoms. The Morgan fingerprint density at radius 2 is 1.60 bits per heavy atom. The number of likely N-dealkylation sites (tertiary alicyclic amines) is 2. The van der Waals surface area contributed by atoms with Gasteiger partial charge in [0.25, 0.3) is 5.91 Å². The van der Waals surface area contributed by atoms with E-state index < -0.39 is 5.97 Å². The molecule has 0 spiro atoms. The minimum absolute atomic E-state index is 0.00294. The number of carbonyl (C=O) groups excluding carboxylic acids is 2. The number of amides is 2. The highest BCUT2D eigenvalue weighted by Crippen LogP contribution is 2.34. The fourth-order valence-electron chi connectivity index (χ4n) is 7.23. The summed E-state index contributed by atoms with van der Waals surface area (Å²) in [6.45, 7) is 7.70. The van der Waals surface area contributed by atoms with Crippen LogP contribution >= 0.6 is 0 Å². The quantitative estimate of drug-likeness (QED) is 0.327. The van der Waals surface area contributed by atoms with E-state index >= 15 is 0 Å². The normalized spacial score (nSPS) is 20.6. The highest BCUT2D eigenvalue weighted by atomic mass is 16.5. The summed E-state index contributed by atoms with van der Waals surface area (Å²) < 4.78 is 5.74. The lowest BCUT2D eigenvalue weighted by Crippen LogP contribution is -2.37. The van der Waals surface area contributed by atoms with Crippen LogP contribution in [0.4, 0.5) is 0 Å². The van der Waals surface area contributed by atoms with Crippen molar-refractivity contribution in [3.63, 3.8) is 0 Å². The third-order valence-electron chi connectivity index (χ3n) is 9.58. The summed E-state index contributed by atoms with van der Waals surface area (Å²) in [5.41, 5.74) is 2.80. The lowest BCUT2D eigenvalue weighted by atomic mass is 10.0. The predicted molar refractivity (Wildman–Crippen MR) is 168 cm³/mol. The molecule has 3 atom stereocenters. The van der Waals surface area contributed by atoms with Gasteiger partial charge in [0.1, 0.15) is 5.75 Å². The van der Waals surface area contributed by atoms with E-state index in [9.17, 15) is 19.5 Å². The van der Waals surface area contributed by atoms with Gasteiger partial charge in [0.2, 0.25) is 5.91 Å². The molecule has 6 rings (SSSR count). The molecule has 1 aromatic heterocycles. The molecule has 45 heavy (non-hydrogen) atoms. The smallest absolute Gasteiger partial charge is 0.335 e. The lowest BCUT2D eigenvalue weighted by Gasteiger charge is -2.26. The second-order valence-corrected chi connectivity index (χ2v) is 12.7. The first kappa shape index (κ1) is 30.7. The summed E-state index contributed by atoms with van der Waals surface area (Å²) >= 11 is 0. The summed E-state index contributed by atoms with van der Waals surface area (Å²) in [4.78, 5) is 51.2. The molecule has 3 aliphatic rings. The van der Waals surface area contributed by atoms with Crippen molar-refractivity contribution in [3.05, 3.63) is 82.7 Å². The van der Waals surface area contributed by atoms with E-state index in [2.05, 4.69) is 32.3 Å². The van der Waals surface area contributed by atoms with E-state index in [1.165, 1.54) is 12.1 Å². The summed E-state index contributed by atoms with van der Waals surface area (Å²) in [7, 11) is 0. The van der Waals surface area contributed by atoms with Gasteiger partial charge in [-0.05, 0) is 68.7 Å². The molecule has 0 bridgehead atoms. The number of nitrogens with one attached hydrogen (secondary N) is 1. The van der Waals surface area contributed by atoms with Crippen LogP contribution < -0.4 is 10.1 Å². The van der Waals surface area contributed by atoms with Gasteiger partial charge in [0.15, 0.2) is 0 Å². The van der Waals surface area contributed by atoms with Gasteiger partial charge in [-0.2, -0.15) is 9.97 Å². The summed E-state index contributed by atoms with van der Waals surface area (Å²) in [6.07, 6.45) is 5.12. The van der Waals surface area contributed by atoms with Gasteiger partial charge >= 0.3 is 12.0 Å². The molecule has 1 aliphatic carbocycles. The molecule has 3 aromatic rings. The van der Waals surface area contributed by atoms with Crippen molar-refractivity contribution in [1.82, 2.24) is 25.1 Å². The van der Waals surface area contributed by atoms with Gasteiger partial charge in [-0.25, -0.2) is 4.79 Å². The number of fused-ring (bicyclic) bond motifs is 1. The van der Waals surface area contributed by atoms with Gasteiger partial charge in [0.05, 0.1) is 28.6 Å². The first-order valence-corrected chi connectivity index (χ1v) is 16.0. The maximum atomic E-state index is 13.7. The molecule has 10 nitrogen and oxygen atoms in total. The number of hydrogen-bond donors (Lipinski definition) is 2. The number of carbonyl (C=O) groups is 3. The van der Waals surface area contributed by atoms with Crippen LogP contribution in [-0.2, 0) is 4.79 Å². The zero-order chi connectivity index (χ0) is 31.5. The van der Waals surface area contributed by atoms with E-state index in [1.54, 1.807) is 26.0 Å². The Bertz CT molecular complexity index is 1520. The van der Waals surface area contributed by atoms with Crippen molar-refractivity contribution in [1.29, 1.82) is 0 Å². The zero-order valence-corrected chi connectivity index (χ0v) is 25.9. The molecule has 2 amide bonds. The van der Waals surface area contributed by atoms with E-state index in [4.69, 9.17) is 4.74 Å². The van der Waals surface area contributed by atoms with Crippen LogP contribution in [0.3, 0.4) is 0 Å². The molecule has 0 radical (unpaired) electrons. The average Bonchev–Trinajstić information content (AvgIpc) is 3.77. The first-order chi connectivity index (χ1) is 21.7. The Morgan fingerprint density at radius 1 is 0.933 bits per heavy atom. The summed E-state index contributed by atoms with van der Waals surface area (Å²) in [6, 6.07) is 16.5. The van der Waals surface area contributed by atoms with Crippen molar-refractivity contribution < 1.29 is 24.2 Å². The number of carboxylic acid groups (broad SMARTS) is 1. The molecule has 2 unspecified atom stereocenters. The monoisotopic (exact) mass is 611 g/mol. The standard InChI is InChI=1S/C35H41N5O5/c1-22-31(23(2)37-35(36-22)45-29-14-8-13-26(17-29)34(43)44)33(42)40-20-27-18-39(19-28(27)21-40)16-15-30(24-9-4-3-5-10-24)38-32(41)25-11-6-7-12-25/h3-5,8-10,13-14,17,25,27-28,30H,6-7,11-12,15-16,18-21H2,1-2H3,(H,38,41)(H,43,44)/t27?,28?,30-/m0/s1. The minimum Gasteiger partial charge on any atom is -0.478 e. The Balaban J connectivity index is 1.04. The van der Waals surface area contributed by atoms with Crippen molar-refractivity contribution in [2.45, 2.75) is 52.0 Å². The molecule has 3 heterocycles. The fourth-order valence-corrected chi connectivity index (χ4v) is 7.23. The van der Waals surface area contributed by atoms with Crippen LogP contribution in [0.1, 0.15) is 75.8 Å². The maximum Gasteiger partial charge on any atom is 0.335 e. The number of benzene rings is 2. The third kappa shape index (κ3) is 7.01. The van der Waals surface area contributed by atoms with Crippen molar-refractivity contribution in [3.8, 4) is 11.8 Å². The minimum atomic E-state index is -1.05.